The number of carbonyl (C=O) groups is 1. The Balaban J connectivity index is 3.57. The summed E-state index contributed by atoms with van der Waals surface area (Å²) in [5.74, 6) is 0.200. The fraction of sp³-hybridized carbons (Fsp3) is 0.750. The van der Waals surface area contributed by atoms with Crippen LogP contribution in [0.25, 0.3) is 0 Å². The van der Waals surface area contributed by atoms with E-state index in [9.17, 15) is 4.79 Å². The van der Waals surface area contributed by atoms with Crippen molar-refractivity contribution in [2.45, 2.75) is 46.5 Å². The molecule has 0 aromatic heterocycles. The Morgan fingerprint density at radius 2 is 2.14 bits per heavy atom. The van der Waals surface area contributed by atoms with E-state index < -0.39 is 0 Å². The summed E-state index contributed by atoms with van der Waals surface area (Å²) >= 11 is 0. The molecule has 2 nitrogen and oxygen atoms in total. The van der Waals surface area contributed by atoms with Crippen molar-refractivity contribution in [2.75, 3.05) is 6.61 Å². The van der Waals surface area contributed by atoms with E-state index in [4.69, 9.17) is 4.74 Å². The molecule has 0 heterocycles. The van der Waals surface area contributed by atoms with Crippen LogP contribution < -0.4 is 0 Å². The number of unbranched alkanes of at least 4 members (excludes halogenated alkanes) is 2. The maximum atomic E-state index is 11.1. The van der Waals surface area contributed by atoms with Crippen LogP contribution in [0.15, 0.2) is 12.2 Å². The largest absolute Gasteiger partial charge is 0.466 e. The van der Waals surface area contributed by atoms with Crippen LogP contribution in [0.5, 0.6) is 0 Å². The summed E-state index contributed by atoms with van der Waals surface area (Å²) in [5.41, 5.74) is 0. The zero-order chi connectivity index (χ0) is 10.8. The summed E-state index contributed by atoms with van der Waals surface area (Å²) in [6.45, 7) is 6.53. The second-order valence-electron chi connectivity index (χ2n) is 3.56. The lowest BCUT2D eigenvalue weighted by Gasteiger charge is -2.05. The standard InChI is InChI=1S/C12H22O2/c1-4-6-7-8-9-11(3)10-12(13)14-5-2/h8-9,11H,4-7,10H2,1-3H3/b9-8+. The first-order valence-corrected chi connectivity index (χ1v) is 5.53. The van der Waals surface area contributed by atoms with Crippen LogP contribution in [0.4, 0.5) is 0 Å². The van der Waals surface area contributed by atoms with Crippen LogP contribution in [0.1, 0.15) is 46.5 Å². The van der Waals surface area contributed by atoms with Gasteiger partial charge in [-0.05, 0) is 19.3 Å². The Morgan fingerprint density at radius 3 is 2.71 bits per heavy atom. The first-order valence-electron chi connectivity index (χ1n) is 5.53. The first-order chi connectivity index (χ1) is 6.70. The van der Waals surface area contributed by atoms with Gasteiger partial charge in [0.25, 0.3) is 0 Å². The molecule has 1 unspecified atom stereocenters. The summed E-state index contributed by atoms with van der Waals surface area (Å²) in [5, 5.41) is 0. The smallest absolute Gasteiger partial charge is 0.306 e. The third kappa shape index (κ3) is 7.84. The van der Waals surface area contributed by atoms with Gasteiger partial charge in [-0.1, -0.05) is 38.8 Å². The van der Waals surface area contributed by atoms with Crippen LogP contribution in [-0.2, 0) is 9.53 Å². The molecule has 0 fully saturated rings. The molecule has 0 aliphatic carbocycles. The van der Waals surface area contributed by atoms with Crippen LogP contribution >= 0.6 is 0 Å². The molecule has 82 valence electrons. The highest BCUT2D eigenvalue weighted by Gasteiger charge is 2.05. The van der Waals surface area contributed by atoms with Gasteiger partial charge in [0, 0.05) is 0 Å². The molecule has 0 aliphatic heterocycles. The lowest BCUT2D eigenvalue weighted by Crippen LogP contribution is -2.07. The Morgan fingerprint density at radius 1 is 1.43 bits per heavy atom. The van der Waals surface area contributed by atoms with Crippen molar-refractivity contribution in [1.82, 2.24) is 0 Å². The minimum absolute atomic E-state index is 0.0971. The lowest BCUT2D eigenvalue weighted by molar-refractivity contribution is -0.143. The van der Waals surface area contributed by atoms with Crippen molar-refractivity contribution in [3.63, 3.8) is 0 Å². The van der Waals surface area contributed by atoms with Crippen LogP contribution in [0.2, 0.25) is 0 Å². The zero-order valence-electron chi connectivity index (χ0n) is 9.58. The number of rotatable bonds is 7. The van der Waals surface area contributed by atoms with Crippen molar-refractivity contribution in [1.29, 1.82) is 0 Å². The number of allylic oxidation sites excluding steroid dienone is 2. The Hall–Kier alpha value is -0.790. The highest BCUT2D eigenvalue weighted by molar-refractivity contribution is 5.69. The quantitative estimate of drug-likeness (QED) is 0.356. The van der Waals surface area contributed by atoms with E-state index >= 15 is 0 Å². The highest BCUT2D eigenvalue weighted by Crippen LogP contribution is 2.06. The Bertz CT molecular complexity index is 173. The molecule has 2 heteroatoms. The number of hydrogen-bond donors (Lipinski definition) is 0. The van der Waals surface area contributed by atoms with E-state index in [1.54, 1.807) is 0 Å². The van der Waals surface area contributed by atoms with E-state index in [1.807, 2.05) is 13.8 Å². The minimum atomic E-state index is -0.0971. The molecule has 0 amide bonds. The molecule has 0 radical (unpaired) electrons. The molecule has 0 rings (SSSR count). The Labute approximate surface area is 87.3 Å². The van der Waals surface area contributed by atoms with E-state index in [0.29, 0.717) is 18.9 Å². The maximum absolute atomic E-state index is 11.1. The summed E-state index contributed by atoms with van der Waals surface area (Å²) in [6, 6.07) is 0. The predicted molar refractivity (Wildman–Crippen MR) is 59.1 cm³/mol. The van der Waals surface area contributed by atoms with Crippen molar-refractivity contribution < 1.29 is 9.53 Å². The van der Waals surface area contributed by atoms with Gasteiger partial charge in [0.15, 0.2) is 0 Å². The van der Waals surface area contributed by atoms with Crippen molar-refractivity contribution in [3.8, 4) is 0 Å². The van der Waals surface area contributed by atoms with Gasteiger partial charge in [-0.25, -0.2) is 0 Å². The molecular weight excluding hydrogens is 176 g/mol. The predicted octanol–water partition coefficient (Wildman–Crippen LogP) is 3.32. The van der Waals surface area contributed by atoms with Gasteiger partial charge in [-0.15, -0.1) is 0 Å². The maximum Gasteiger partial charge on any atom is 0.306 e. The van der Waals surface area contributed by atoms with Gasteiger partial charge in [-0.3, -0.25) is 4.79 Å². The lowest BCUT2D eigenvalue weighted by atomic mass is 10.1. The minimum Gasteiger partial charge on any atom is -0.466 e. The molecular formula is C12H22O2. The molecule has 0 aliphatic rings. The van der Waals surface area contributed by atoms with E-state index in [1.165, 1.54) is 12.8 Å². The van der Waals surface area contributed by atoms with E-state index in [-0.39, 0.29) is 5.97 Å². The second kappa shape index (κ2) is 8.79. The van der Waals surface area contributed by atoms with E-state index in [2.05, 4.69) is 19.1 Å². The molecule has 0 saturated carbocycles. The topological polar surface area (TPSA) is 26.3 Å². The van der Waals surface area contributed by atoms with Gasteiger partial charge < -0.3 is 4.74 Å². The van der Waals surface area contributed by atoms with Crippen molar-refractivity contribution in [3.05, 3.63) is 12.2 Å². The molecule has 0 aromatic rings. The zero-order valence-corrected chi connectivity index (χ0v) is 9.58. The van der Waals surface area contributed by atoms with E-state index in [0.717, 1.165) is 6.42 Å². The average Bonchev–Trinajstić information content (AvgIpc) is 2.13. The molecule has 1 atom stereocenters. The first kappa shape index (κ1) is 13.2. The fourth-order valence-corrected chi connectivity index (χ4v) is 1.20. The summed E-state index contributed by atoms with van der Waals surface area (Å²) in [6.07, 6.45) is 8.32. The summed E-state index contributed by atoms with van der Waals surface area (Å²) in [7, 11) is 0. The monoisotopic (exact) mass is 198 g/mol. The average molecular weight is 198 g/mol. The van der Waals surface area contributed by atoms with Gasteiger partial charge >= 0.3 is 5.97 Å². The van der Waals surface area contributed by atoms with Gasteiger partial charge in [-0.2, -0.15) is 0 Å². The number of carbonyl (C=O) groups excluding carboxylic acids is 1. The number of ether oxygens (including phenoxy) is 1. The Kier molecular flexibility index (Phi) is 8.30. The van der Waals surface area contributed by atoms with Crippen LogP contribution in [-0.4, -0.2) is 12.6 Å². The number of esters is 1. The van der Waals surface area contributed by atoms with Crippen LogP contribution in [0.3, 0.4) is 0 Å². The highest BCUT2D eigenvalue weighted by atomic mass is 16.5. The summed E-state index contributed by atoms with van der Waals surface area (Å²) in [4.78, 5) is 11.1. The second-order valence-corrected chi connectivity index (χ2v) is 3.56. The fourth-order valence-electron chi connectivity index (χ4n) is 1.20. The van der Waals surface area contributed by atoms with Gasteiger partial charge in [0.05, 0.1) is 13.0 Å². The molecule has 0 N–H and O–H groups in total. The SMILES string of the molecule is CCCC/C=C/C(C)CC(=O)OCC. The number of hydrogen-bond acceptors (Lipinski definition) is 2. The molecule has 0 spiro atoms. The molecule has 0 aromatic carbocycles. The van der Waals surface area contributed by atoms with Gasteiger partial charge in [0.2, 0.25) is 0 Å². The van der Waals surface area contributed by atoms with Gasteiger partial charge in [0.1, 0.15) is 0 Å². The third-order valence-corrected chi connectivity index (χ3v) is 1.98. The molecule has 0 bridgehead atoms. The summed E-state index contributed by atoms with van der Waals surface area (Å²) < 4.78 is 4.87. The molecule has 14 heavy (non-hydrogen) atoms. The van der Waals surface area contributed by atoms with Crippen molar-refractivity contribution >= 4 is 5.97 Å². The van der Waals surface area contributed by atoms with Crippen molar-refractivity contribution in [2.24, 2.45) is 5.92 Å². The normalized spacial score (nSPS) is 13.1. The third-order valence-electron chi connectivity index (χ3n) is 1.98. The molecule has 0 saturated heterocycles. The van der Waals surface area contributed by atoms with Crippen LogP contribution in [0, 0.1) is 5.92 Å².